The number of fused-ring (bicyclic) bond motifs is 1. The number of carbonyl (C=O) groups excluding carboxylic acids is 2. The second-order valence-electron chi connectivity index (χ2n) is 8.66. The third kappa shape index (κ3) is 4.99. The smallest absolute Gasteiger partial charge is 0.226 e. The minimum atomic E-state index is -0.363. The highest BCUT2D eigenvalue weighted by molar-refractivity contribution is 7.10. The molecule has 2 aromatic rings. The largest absolute Gasteiger partial charge is 0.497 e. The first-order valence-electron chi connectivity index (χ1n) is 11.6. The van der Waals surface area contributed by atoms with Gasteiger partial charge in [0.05, 0.1) is 19.1 Å². The number of hydrogen-bond donors (Lipinski definition) is 1. The number of thiophene rings is 1. The third-order valence-electron chi connectivity index (χ3n) is 6.59. The molecule has 2 unspecified atom stereocenters. The van der Waals surface area contributed by atoms with E-state index in [1.807, 2.05) is 40.5 Å². The summed E-state index contributed by atoms with van der Waals surface area (Å²) in [7, 11) is 1.64. The number of carbonyl (C=O) groups is 2. The summed E-state index contributed by atoms with van der Waals surface area (Å²) in [6.45, 7) is 6.22. The van der Waals surface area contributed by atoms with Crippen molar-refractivity contribution in [3.63, 3.8) is 0 Å². The molecule has 0 saturated carbocycles. The van der Waals surface area contributed by atoms with Gasteiger partial charge in [-0.15, -0.1) is 11.3 Å². The molecule has 1 saturated heterocycles. The summed E-state index contributed by atoms with van der Waals surface area (Å²) in [6, 6.07) is 9.75. The van der Waals surface area contributed by atoms with Crippen molar-refractivity contribution in [2.45, 2.75) is 45.2 Å². The lowest BCUT2D eigenvalue weighted by molar-refractivity contribution is -0.129. The number of amides is 2. The van der Waals surface area contributed by atoms with Crippen LogP contribution in [-0.4, -0.2) is 54.9 Å². The molecule has 1 aromatic carbocycles. The standard InChI is InChI=1S/C25H33N3O3S/c1-3-4-12-28-23(29)16-21(24(28)18-5-7-20(31-2)8-6-18)25(30)26-11-14-27-13-9-22-19(17-27)10-15-32-22/h5-8,10,15,21,24H,3-4,9,11-14,16-17H2,1-2H3,(H,26,30). The van der Waals surface area contributed by atoms with E-state index in [-0.39, 0.29) is 30.2 Å². The van der Waals surface area contributed by atoms with Crippen molar-refractivity contribution < 1.29 is 14.3 Å². The maximum absolute atomic E-state index is 13.2. The fourth-order valence-electron chi connectivity index (χ4n) is 4.80. The molecule has 2 aliphatic rings. The highest BCUT2D eigenvalue weighted by Gasteiger charge is 2.44. The Hall–Kier alpha value is -2.38. The highest BCUT2D eigenvalue weighted by atomic mass is 32.1. The van der Waals surface area contributed by atoms with E-state index >= 15 is 0 Å². The molecular weight excluding hydrogens is 422 g/mol. The quantitative estimate of drug-likeness (QED) is 0.627. The van der Waals surface area contributed by atoms with Gasteiger partial charge < -0.3 is 15.0 Å². The summed E-state index contributed by atoms with van der Waals surface area (Å²) in [5.74, 6) is 0.457. The Morgan fingerprint density at radius 3 is 2.78 bits per heavy atom. The van der Waals surface area contributed by atoms with E-state index in [4.69, 9.17) is 4.74 Å². The molecule has 7 heteroatoms. The Balaban J connectivity index is 1.40. The van der Waals surface area contributed by atoms with E-state index in [0.717, 1.165) is 50.2 Å². The van der Waals surface area contributed by atoms with Crippen LogP contribution in [0.5, 0.6) is 5.75 Å². The van der Waals surface area contributed by atoms with Crippen molar-refractivity contribution in [2.75, 3.05) is 33.3 Å². The molecule has 6 nitrogen and oxygen atoms in total. The van der Waals surface area contributed by atoms with Gasteiger partial charge >= 0.3 is 0 Å². The summed E-state index contributed by atoms with van der Waals surface area (Å²) in [5, 5.41) is 5.29. The van der Waals surface area contributed by atoms with Crippen molar-refractivity contribution in [1.29, 1.82) is 0 Å². The summed E-state index contributed by atoms with van der Waals surface area (Å²) in [6.07, 6.45) is 3.31. The van der Waals surface area contributed by atoms with E-state index in [0.29, 0.717) is 13.1 Å². The normalized spacial score (nSPS) is 20.9. The van der Waals surface area contributed by atoms with Crippen LogP contribution in [0.25, 0.3) is 0 Å². The molecule has 0 spiro atoms. The van der Waals surface area contributed by atoms with Crippen molar-refractivity contribution in [3.05, 3.63) is 51.7 Å². The number of methoxy groups -OCH3 is 1. The first-order chi connectivity index (χ1) is 15.6. The summed E-state index contributed by atoms with van der Waals surface area (Å²) in [4.78, 5) is 31.8. The summed E-state index contributed by atoms with van der Waals surface area (Å²) < 4.78 is 5.28. The topological polar surface area (TPSA) is 61.9 Å². The molecule has 0 radical (unpaired) electrons. The summed E-state index contributed by atoms with van der Waals surface area (Å²) >= 11 is 1.84. The monoisotopic (exact) mass is 455 g/mol. The number of likely N-dealkylation sites (tertiary alicyclic amines) is 1. The molecular formula is C25H33N3O3S. The van der Waals surface area contributed by atoms with Crippen molar-refractivity contribution in [3.8, 4) is 5.75 Å². The molecule has 1 N–H and O–H groups in total. The Morgan fingerprint density at radius 1 is 1.22 bits per heavy atom. The second kappa shape index (κ2) is 10.5. The second-order valence-corrected chi connectivity index (χ2v) is 9.66. The number of unbranched alkanes of at least 4 members (excludes halogenated alkanes) is 1. The molecule has 1 fully saturated rings. The van der Waals surface area contributed by atoms with Gasteiger partial charge in [0, 0.05) is 44.0 Å². The number of hydrogen-bond acceptors (Lipinski definition) is 5. The summed E-state index contributed by atoms with van der Waals surface area (Å²) in [5.41, 5.74) is 2.41. The SMILES string of the molecule is CCCCN1C(=O)CC(C(=O)NCCN2CCc3sccc3C2)C1c1ccc(OC)cc1. The van der Waals surface area contributed by atoms with Gasteiger partial charge in [-0.05, 0) is 47.5 Å². The average molecular weight is 456 g/mol. The first kappa shape index (κ1) is 22.8. The lowest BCUT2D eigenvalue weighted by Gasteiger charge is -2.29. The van der Waals surface area contributed by atoms with E-state index in [2.05, 4.69) is 28.6 Å². The number of nitrogens with zero attached hydrogens (tertiary/aromatic N) is 2. The number of ether oxygens (including phenoxy) is 1. The van der Waals surface area contributed by atoms with Gasteiger partial charge in [0.2, 0.25) is 11.8 Å². The maximum atomic E-state index is 13.2. The van der Waals surface area contributed by atoms with Crippen LogP contribution >= 0.6 is 11.3 Å². The Bertz CT molecular complexity index is 927. The lowest BCUT2D eigenvalue weighted by Crippen LogP contribution is -2.40. The van der Waals surface area contributed by atoms with Crippen LogP contribution < -0.4 is 10.1 Å². The number of benzene rings is 1. The van der Waals surface area contributed by atoms with Crippen LogP contribution in [0.3, 0.4) is 0 Å². The van der Waals surface area contributed by atoms with E-state index in [1.165, 1.54) is 10.4 Å². The minimum absolute atomic E-state index is 0.0219. The maximum Gasteiger partial charge on any atom is 0.226 e. The van der Waals surface area contributed by atoms with Crippen molar-refractivity contribution in [2.24, 2.45) is 5.92 Å². The fraction of sp³-hybridized carbons (Fsp3) is 0.520. The molecule has 4 rings (SSSR count). The Labute approximate surface area is 194 Å². The molecule has 1 aromatic heterocycles. The number of rotatable bonds is 9. The predicted molar refractivity (Wildman–Crippen MR) is 127 cm³/mol. The first-order valence-corrected chi connectivity index (χ1v) is 12.5. The van der Waals surface area contributed by atoms with Crippen molar-refractivity contribution >= 4 is 23.2 Å². The van der Waals surface area contributed by atoms with Crippen LogP contribution in [0.1, 0.15) is 48.2 Å². The molecule has 0 aliphatic carbocycles. The van der Waals surface area contributed by atoms with Gasteiger partial charge in [0.1, 0.15) is 5.75 Å². The molecule has 0 bridgehead atoms. The van der Waals surface area contributed by atoms with E-state index in [1.54, 1.807) is 7.11 Å². The van der Waals surface area contributed by atoms with Crippen LogP contribution in [0.2, 0.25) is 0 Å². The third-order valence-corrected chi connectivity index (χ3v) is 7.62. The average Bonchev–Trinajstić information content (AvgIpc) is 3.41. The molecule has 32 heavy (non-hydrogen) atoms. The fourth-order valence-corrected chi connectivity index (χ4v) is 5.69. The molecule has 3 heterocycles. The zero-order chi connectivity index (χ0) is 22.5. The van der Waals surface area contributed by atoms with Gasteiger partial charge in [-0.25, -0.2) is 0 Å². The van der Waals surface area contributed by atoms with Gasteiger partial charge in [-0.1, -0.05) is 25.5 Å². The molecule has 2 amide bonds. The lowest BCUT2D eigenvalue weighted by atomic mass is 9.92. The van der Waals surface area contributed by atoms with Gasteiger partial charge in [0.25, 0.3) is 0 Å². The molecule has 2 atom stereocenters. The van der Waals surface area contributed by atoms with Gasteiger partial charge in [0.15, 0.2) is 0 Å². The van der Waals surface area contributed by atoms with Crippen LogP contribution in [-0.2, 0) is 22.6 Å². The van der Waals surface area contributed by atoms with Crippen molar-refractivity contribution in [1.82, 2.24) is 15.1 Å². The van der Waals surface area contributed by atoms with Gasteiger partial charge in [-0.3, -0.25) is 14.5 Å². The van der Waals surface area contributed by atoms with Gasteiger partial charge in [-0.2, -0.15) is 0 Å². The van der Waals surface area contributed by atoms with E-state index in [9.17, 15) is 9.59 Å². The molecule has 2 aliphatic heterocycles. The van der Waals surface area contributed by atoms with Crippen LogP contribution in [0.15, 0.2) is 35.7 Å². The zero-order valence-electron chi connectivity index (χ0n) is 19.0. The van der Waals surface area contributed by atoms with Crippen LogP contribution in [0.4, 0.5) is 0 Å². The minimum Gasteiger partial charge on any atom is -0.497 e. The highest BCUT2D eigenvalue weighted by Crippen LogP contribution is 2.39. The molecule has 172 valence electrons. The predicted octanol–water partition coefficient (Wildman–Crippen LogP) is 3.62. The Morgan fingerprint density at radius 2 is 2.03 bits per heavy atom. The van der Waals surface area contributed by atoms with E-state index < -0.39 is 0 Å². The van der Waals surface area contributed by atoms with Crippen LogP contribution in [0, 0.1) is 5.92 Å². The zero-order valence-corrected chi connectivity index (χ0v) is 19.8. The number of nitrogens with one attached hydrogen (secondary N) is 1. The Kier molecular flexibility index (Phi) is 7.48.